The molecule has 0 radical (unpaired) electrons. The summed E-state index contributed by atoms with van der Waals surface area (Å²) >= 11 is 3.10. The first-order valence-corrected chi connectivity index (χ1v) is 11.1. The van der Waals surface area contributed by atoms with Crippen molar-refractivity contribution in [1.29, 1.82) is 0 Å². The second kappa shape index (κ2) is 8.31. The Morgan fingerprint density at radius 1 is 1.33 bits per heavy atom. The molecule has 1 aromatic heterocycles. The normalized spacial score (nSPS) is 16.1. The van der Waals surface area contributed by atoms with E-state index in [1.807, 2.05) is 25.1 Å². The van der Waals surface area contributed by atoms with Crippen LogP contribution in [0.3, 0.4) is 0 Å². The summed E-state index contributed by atoms with van der Waals surface area (Å²) in [6.07, 6.45) is 3.23. The van der Waals surface area contributed by atoms with Gasteiger partial charge in [-0.25, -0.2) is 4.98 Å². The molecule has 0 aliphatic heterocycles. The number of benzene rings is 2. The number of carbonyl (C=O) groups is 1. The van der Waals surface area contributed by atoms with Gasteiger partial charge in [-0.2, -0.15) is 0 Å². The van der Waals surface area contributed by atoms with Gasteiger partial charge in [0, 0.05) is 0 Å². The van der Waals surface area contributed by atoms with Gasteiger partial charge in [0.2, 0.25) is 5.91 Å². The predicted octanol–water partition coefficient (Wildman–Crippen LogP) is 4.98. The average Bonchev–Trinajstić information content (AvgIpc) is 3.09. The Bertz CT molecular complexity index is 954. The maximum Gasteiger partial charge on any atom is 0.230 e. The van der Waals surface area contributed by atoms with E-state index in [0.29, 0.717) is 12.4 Å². The maximum atomic E-state index is 12.5. The number of ether oxygens (including phenoxy) is 1. The highest BCUT2D eigenvalue weighted by atomic mass is 32.2. The number of nitrogens with zero attached hydrogens (tertiary/aromatic N) is 1. The van der Waals surface area contributed by atoms with Crippen LogP contribution in [0.1, 0.15) is 36.9 Å². The zero-order valence-corrected chi connectivity index (χ0v) is 16.9. The molecule has 0 saturated carbocycles. The van der Waals surface area contributed by atoms with Crippen molar-refractivity contribution >= 4 is 39.2 Å². The van der Waals surface area contributed by atoms with E-state index in [0.717, 1.165) is 39.6 Å². The van der Waals surface area contributed by atoms with Crippen molar-refractivity contribution in [2.45, 2.75) is 36.6 Å². The maximum absolute atomic E-state index is 12.5. The second-order valence-electron chi connectivity index (χ2n) is 6.54. The number of thioether (sulfide) groups is 1. The molecule has 3 aromatic rings. The van der Waals surface area contributed by atoms with E-state index in [-0.39, 0.29) is 11.9 Å². The molecule has 0 bridgehead atoms. The fraction of sp³-hybridized carbons (Fsp3) is 0.333. The summed E-state index contributed by atoms with van der Waals surface area (Å²) in [5, 5.41) is 3.20. The van der Waals surface area contributed by atoms with Gasteiger partial charge in [0.15, 0.2) is 4.34 Å². The first kappa shape index (κ1) is 18.3. The lowest BCUT2D eigenvalue weighted by Crippen LogP contribution is -2.32. The van der Waals surface area contributed by atoms with Crippen molar-refractivity contribution in [2.24, 2.45) is 0 Å². The number of hydrogen-bond donors (Lipinski definition) is 1. The quantitative estimate of drug-likeness (QED) is 0.595. The Morgan fingerprint density at radius 2 is 2.22 bits per heavy atom. The third-order valence-electron chi connectivity index (χ3n) is 4.68. The summed E-state index contributed by atoms with van der Waals surface area (Å²) in [6.45, 7) is 2.62. The second-order valence-corrected chi connectivity index (χ2v) is 8.80. The number of nitrogens with one attached hydrogen (secondary N) is 1. The van der Waals surface area contributed by atoms with E-state index in [9.17, 15) is 4.79 Å². The van der Waals surface area contributed by atoms with Crippen LogP contribution >= 0.6 is 23.1 Å². The Hall–Kier alpha value is -2.05. The molecule has 4 nitrogen and oxygen atoms in total. The van der Waals surface area contributed by atoms with E-state index in [4.69, 9.17) is 4.74 Å². The van der Waals surface area contributed by atoms with Crippen LogP contribution in [0.5, 0.6) is 5.75 Å². The van der Waals surface area contributed by atoms with E-state index in [1.54, 1.807) is 11.3 Å². The number of fused-ring (bicyclic) bond motifs is 2. The van der Waals surface area contributed by atoms with Crippen LogP contribution in [0.4, 0.5) is 0 Å². The minimum Gasteiger partial charge on any atom is -0.494 e. The molecule has 0 saturated heterocycles. The zero-order valence-electron chi connectivity index (χ0n) is 15.2. The van der Waals surface area contributed by atoms with Crippen LogP contribution in [0.15, 0.2) is 46.8 Å². The number of carbonyl (C=O) groups excluding carboxylic acids is 1. The minimum absolute atomic E-state index is 0.0657. The van der Waals surface area contributed by atoms with Crippen molar-refractivity contribution in [1.82, 2.24) is 10.3 Å². The zero-order chi connectivity index (χ0) is 18.6. The van der Waals surface area contributed by atoms with Crippen LogP contribution in [0, 0.1) is 0 Å². The topological polar surface area (TPSA) is 51.2 Å². The highest BCUT2D eigenvalue weighted by molar-refractivity contribution is 8.01. The molecule has 0 unspecified atom stereocenters. The van der Waals surface area contributed by atoms with Crippen molar-refractivity contribution in [3.63, 3.8) is 0 Å². The standard InChI is InChI=1S/C21H22N2O2S2/c1-2-25-15-10-11-18-19(12-15)27-21(23-18)26-13-20(24)22-17-9-5-7-14-6-3-4-8-16(14)17/h3-4,6,8,10-12,17H,2,5,7,9,13H2,1H3,(H,22,24)/t17-/m0/s1. The lowest BCUT2D eigenvalue weighted by Gasteiger charge is -2.26. The monoisotopic (exact) mass is 398 g/mol. The van der Waals surface area contributed by atoms with Gasteiger partial charge in [0.1, 0.15) is 5.75 Å². The summed E-state index contributed by atoms with van der Waals surface area (Å²) in [6, 6.07) is 14.5. The first-order chi connectivity index (χ1) is 13.2. The molecule has 4 rings (SSSR count). The van der Waals surface area contributed by atoms with Crippen LogP contribution in [-0.2, 0) is 11.2 Å². The van der Waals surface area contributed by atoms with Gasteiger partial charge in [-0.15, -0.1) is 11.3 Å². The lowest BCUT2D eigenvalue weighted by atomic mass is 9.88. The molecule has 1 atom stereocenters. The SMILES string of the molecule is CCOc1ccc2nc(SCC(=O)N[C@H]3CCCc4ccccc43)sc2c1. The van der Waals surface area contributed by atoms with Gasteiger partial charge >= 0.3 is 0 Å². The highest BCUT2D eigenvalue weighted by Gasteiger charge is 2.21. The van der Waals surface area contributed by atoms with Crippen molar-refractivity contribution in [3.05, 3.63) is 53.6 Å². The summed E-state index contributed by atoms with van der Waals surface area (Å²) < 4.78 is 7.55. The molecule has 27 heavy (non-hydrogen) atoms. The van der Waals surface area contributed by atoms with Crippen molar-refractivity contribution in [2.75, 3.05) is 12.4 Å². The fourth-order valence-electron chi connectivity index (χ4n) is 3.47. The summed E-state index contributed by atoms with van der Waals surface area (Å²) in [4.78, 5) is 17.1. The van der Waals surface area contributed by atoms with Crippen molar-refractivity contribution in [3.8, 4) is 5.75 Å². The minimum atomic E-state index is 0.0657. The summed E-state index contributed by atoms with van der Waals surface area (Å²) in [7, 11) is 0. The van der Waals surface area contributed by atoms with Gasteiger partial charge in [0.25, 0.3) is 0 Å². The molecule has 0 fully saturated rings. The van der Waals surface area contributed by atoms with Crippen LogP contribution < -0.4 is 10.1 Å². The third kappa shape index (κ3) is 4.28. The average molecular weight is 399 g/mol. The molecular formula is C21H22N2O2S2. The van der Waals surface area contributed by atoms with Crippen LogP contribution in [0.25, 0.3) is 10.2 Å². The molecule has 1 aliphatic carbocycles. The smallest absolute Gasteiger partial charge is 0.230 e. The van der Waals surface area contributed by atoms with Crippen molar-refractivity contribution < 1.29 is 9.53 Å². The lowest BCUT2D eigenvalue weighted by molar-refractivity contribution is -0.119. The van der Waals surface area contributed by atoms with E-state index in [1.165, 1.54) is 22.9 Å². The largest absolute Gasteiger partial charge is 0.494 e. The molecule has 1 N–H and O–H groups in total. The molecule has 1 heterocycles. The Balaban J connectivity index is 1.38. The Morgan fingerprint density at radius 3 is 3.11 bits per heavy atom. The third-order valence-corrected chi connectivity index (χ3v) is 6.84. The molecule has 0 spiro atoms. The molecule has 1 aliphatic rings. The Labute approximate surface area is 167 Å². The highest BCUT2D eigenvalue weighted by Crippen LogP contribution is 2.33. The van der Waals surface area contributed by atoms with E-state index >= 15 is 0 Å². The summed E-state index contributed by atoms with van der Waals surface area (Å²) in [5.41, 5.74) is 3.58. The number of rotatable bonds is 6. The van der Waals surface area contributed by atoms with E-state index < -0.39 is 0 Å². The van der Waals surface area contributed by atoms with Gasteiger partial charge in [-0.3, -0.25) is 4.79 Å². The fourth-order valence-corrected chi connectivity index (χ4v) is 5.38. The van der Waals surface area contributed by atoms with Gasteiger partial charge in [-0.1, -0.05) is 36.0 Å². The van der Waals surface area contributed by atoms with E-state index in [2.05, 4.69) is 34.6 Å². The van der Waals surface area contributed by atoms with Crippen LogP contribution in [-0.4, -0.2) is 23.3 Å². The number of aryl methyl sites for hydroxylation is 1. The van der Waals surface area contributed by atoms with Crippen LogP contribution in [0.2, 0.25) is 0 Å². The van der Waals surface area contributed by atoms with Gasteiger partial charge in [-0.05, 0) is 55.5 Å². The molecular weight excluding hydrogens is 376 g/mol. The first-order valence-electron chi connectivity index (χ1n) is 9.26. The summed E-state index contributed by atoms with van der Waals surface area (Å²) in [5.74, 6) is 1.31. The van der Waals surface area contributed by atoms with Gasteiger partial charge < -0.3 is 10.1 Å². The number of aromatic nitrogens is 1. The molecule has 2 aromatic carbocycles. The molecule has 6 heteroatoms. The Kier molecular flexibility index (Phi) is 5.64. The number of amides is 1. The number of thiazole rings is 1. The predicted molar refractivity (Wildman–Crippen MR) is 112 cm³/mol. The number of hydrogen-bond acceptors (Lipinski definition) is 5. The molecule has 1 amide bonds. The van der Waals surface area contributed by atoms with Gasteiger partial charge in [0.05, 0.1) is 28.6 Å². The molecule has 140 valence electrons.